The van der Waals surface area contributed by atoms with Gasteiger partial charge in [-0.2, -0.15) is 0 Å². The van der Waals surface area contributed by atoms with Crippen molar-refractivity contribution in [3.05, 3.63) is 66.0 Å². The van der Waals surface area contributed by atoms with Crippen molar-refractivity contribution in [2.45, 2.75) is 44.4 Å². The van der Waals surface area contributed by atoms with Gasteiger partial charge < -0.3 is 4.74 Å². The summed E-state index contributed by atoms with van der Waals surface area (Å²) >= 11 is 0. The first-order valence-electron chi connectivity index (χ1n) is 10.4. The maximum Gasteiger partial charge on any atom is 0.0705 e. The highest BCUT2D eigenvalue weighted by atomic mass is 16.5. The molecular formula is C23H31N3O. The number of aromatic nitrogens is 1. The van der Waals surface area contributed by atoms with Crippen LogP contribution in [-0.4, -0.2) is 59.7 Å². The Hall–Kier alpha value is -1.75. The summed E-state index contributed by atoms with van der Waals surface area (Å²) in [5.41, 5.74) is 2.74. The smallest absolute Gasteiger partial charge is 0.0705 e. The van der Waals surface area contributed by atoms with Gasteiger partial charge in [-0.15, -0.1) is 0 Å². The molecule has 1 aromatic heterocycles. The summed E-state index contributed by atoms with van der Waals surface area (Å²) in [5, 5.41) is 0. The number of piperidine rings is 1. The van der Waals surface area contributed by atoms with Gasteiger partial charge in [0.15, 0.2) is 0 Å². The monoisotopic (exact) mass is 365 g/mol. The van der Waals surface area contributed by atoms with Gasteiger partial charge in [-0.25, -0.2) is 0 Å². The zero-order valence-electron chi connectivity index (χ0n) is 16.2. The van der Waals surface area contributed by atoms with E-state index >= 15 is 0 Å². The summed E-state index contributed by atoms with van der Waals surface area (Å²) in [6.07, 6.45) is 9.00. The molecule has 1 unspecified atom stereocenters. The summed E-state index contributed by atoms with van der Waals surface area (Å²) in [4.78, 5) is 9.50. The Kier molecular flexibility index (Phi) is 6.51. The lowest BCUT2D eigenvalue weighted by Crippen LogP contribution is -2.51. The first kappa shape index (κ1) is 18.6. The number of ether oxygens (including phenoxy) is 1. The molecule has 3 heterocycles. The fourth-order valence-corrected chi connectivity index (χ4v) is 4.41. The molecule has 2 fully saturated rings. The minimum absolute atomic E-state index is 0.382. The van der Waals surface area contributed by atoms with Gasteiger partial charge in [0.1, 0.15) is 0 Å². The maximum atomic E-state index is 6.06. The van der Waals surface area contributed by atoms with E-state index in [2.05, 4.69) is 51.2 Å². The third kappa shape index (κ3) is 5.38. The number of nitrogens with zero attached hydrogens (tertiary/aromatic N) is 3. The third-order valence-corrected chi connectivity index (χ3v) is 5.97. The molecule has 2 aliphatic heterocycles. The number of hydrogen-bond donors (Lipinski definition) is 0. The van der Waals surface area contributed by atoms with Crippen molar-refractivity contribution in [1.82, 2.24) is 14.8 Å². The minimum atomic E-state index is 0.382. The number of hydrogen-bond acceptors (Lipinski definition) is 4. The quantitative estimate of drug-likeness (QED) is 0.785. The molecule has 2 aliphatic rings. The van der Waals surface area contributed by atoms with Gasteiger partial charge in [-0.3, -0.25) is 14.8 Å². The van der Waals surface area contributed by atoms with Crippen LogP contribution in [0.2, 0.25) is 0 Å². The van der Waals surface area contributed by atoms with E-state index in [1.165, 1.54) is 37.1 Å². The third-order valence-electron chi connectivity index (χ3n) is 5.97. The molecule has 4 heteroatoms. The number of pyridine rings is 1. The standard InChI is InChI=1S/C23H31N3O/c1-2-5-20(6-3-1)8-9-23-19-26(15-16-27-23)22-10-13-25(14-11-22)18-21-7-4-12-24-17-21/h1-7,12,17,22-23H,8-11,13-16,18-19H2. The zero-order chi connectivity index (χ0) is 18.3. The minimum Gasteiger partial charge on any atom is -0.376 e. The Labute approximate surface area is 163 Å². The predicted octanol–water partition coefficient (Wildman–Crippen LogP) is 3.38. The molecular weight excluding hydrogens is 334 g/mol. The van der Waals surface area contributed by atoms with Gasteiger partial charge in [0.05, 0.1) is 12.7 Å². The first-order valence-corrected chi connectivity index (χ1v) is 10.4. The van der Waals surface area contributed by atoms with E-state index < -0.39 is 0 Å². The van der Waals surface area contributed by atoms with Gasteiger partial charge in [0.25, 0.3) is 0 Å². The second-order valence-corrected chi connectivity index (χ2v) is 7.88. The highest BCUT2D eigenvalue weighted by Gasteiger charge is 2.29. The molecule has 0 N–H and O–H groups in total. The van der Waals surface area contributed by atoms with Crippen molar-refractivity contribution >= 4 is 0 Å². The molecule has 27 heavy (non-hydrogen) atoms. The van der Waals surface area contributed by atoms with Crippen LogP contribution in [-0.2, 0) is 17.7 Å². The van der Waals surface area contributed by atoms with Crippen molar-refractivity contribution in [1.29, 1.82) is 0 Å². The first-order chi connectivity index (χ1) is 13.4. The largest absolute Gasteiger partial charge is 0.376 e. The van der Waals surface area contributed by atoms with Crippen LogP contribution in [0.4, 0.5) is 0 Å². The van der Waals surface area contributed by atoms with Crippen LogP contribution >= 0.6 is 0 Å². The number of benzene rings is 1. The van der Waals surface area contributed by atoms with E-state index in [0.717, 1.165) is 45.1 Å². The molecule has 1 aromatic carbocycles. The molecule has 4 rings (SSSR count). The lowest BCUT2D eigenvalue weighted by molar-refractivity contribution is -0.0547. The maximum absolute atomic E-state index is 6.06. The number of likely N-dealkylation sites (tertiary alicyclic amines) is 1. The van der Waals surface area contributed by atoms with Gasteiger partial charge in [0.2, 0.25) is 0 Å². The Bertz CT molecular complexity index is 671. The highest BCUT2D eigenvalue weighted by molar-refractivity contribution is 5.14. The van der Waals surface area contributed by atoms with E-state index in [1.54, 1.807) is 0 Å². The SMILES string of the molecule is c1ccc(CCC2CN(C3CCN(Cc4cccnc4)CC3)CCO2)cc1. The predicted molar refractivity (Wildman–Crippen MR) is 109 cm³/mol. The second-order valence-electron chi connectivity index (χ2n) is 7.88. The van der Waals surface area contributed by atoms with Crippen molar-refractivity contribution in [2.75, 3.05) is 32.8 Å². The topological polar surface area (TPSA) is 28.6 Å². The van der Waals surface area contributed by atoms with Crippen molar-refractivity contribution in [3.8, 4) is 0 Å². The molecule has 1 atom stereocenters. The van der Waals surface area contributed by atoms with E-state index in [-0.39, 0.29) is 0 Å². The molecule has 4 nitrogen and oxygen atoms in total. The average molecular weight is 366 g/mol. The fourth-order valence-electron chi connectivity index (χ4n) is 4.41. The molecule has 0 amide bonds. The molecule has 0 saturated carbocycles. The lowest BCUT2D eigenvalue weighted by Gasteiger charge is -2.42. The van der Waals surface area contributed by atoms with Crippen LogP contribution in [0.15, 0.2) is 54.9 Å². The number of aryl methyl sites for hydroxylation is 1. The second kappa shape index (κ2) is 9.45. The van der Waals surface area contributed by atoms with E-state index in [4.69, 9.17) is 4.74 Å². The molecule has 0 spiro atoms. The highest BCUT2D eigenvalue weighted by Crippen LogP contribution is 2.22. The summed E-state index contributed by atoms with van der Waals surface area (Å²) in [6.45, 7) is 6.48. The zero-order valence-corrected chi connectivity index (χ0v) is 16.2. The molecule has 0 bridgehead atoms. The van der Waals surface area contributed by atoms with E-state index in [1.807, 2.05) is 18.5 Å². The average Bonchev–Trinajstić information content (AvgIpc) is 2.75. The van der Waals surface area contributed by atoms with Gasteiger partial charge >= 0.3 is 0 Å². The molecule has 2 aromatic rings. The summed E-state index contributed by atoms with van der Waals surface area (Å²) in [6, 6.07) is 15.7. The molecule has 0 aliphatic carbocycles. The van der Waals surface area contributed by atoms with Crippen molar-refractivity contribution in [2.24, 2.45) is 0 Å². The summed E-state index contributed by atoms with van der Waals surface area (Å²) in [7, 11) is 0. The van der Waals surface area contributed by atoms with Crippen LogP contribution in [0, 0.1) is 0 Å². The van der Waals surface area contributed by atoms with Crippen LogP contribution < -0.4 is 0 Å². The Morgan fingerprint density at radius 3 is 2.56 bits per heavy atom. The Balaban J connectivity index is 1.22. The fraction of sp³-hybridized carbons (Fsp3) is 0.522. The van der Waals surface area contributed by atoms with Crippen LogP contribution in [0.25, 0.3) is 0 Å². The molecule has 2 saturated heterocycles. The summed E-state index contributed by atoms with van der Waals surface area (Å²) in [5.74, 6) is 0. The lowest BCUT2D eigenvalue weighted by atomic mass is 10.00. The van der Waals surface area contributed by atoms with Crippen LogP contribution in [0.5, 0.6) is 0 Å². The van der Waals surface area contributed by atoms with Gasteiger partial charge in [0, 0.05) is 38.1 Å². The molecule has 144 valence electrons. The van der Waals surface area contributed by atoms with Gasteiger partial charge in [-0.1, -0.05) is 36.4 Å². The van der Waals surface area contributed by atoms with Gasteiger partial charge in [-0.05, 0) is 56.0 Å². The van der Waals surface area contributed by atoms with E-state index in [9.17, 15) is 0 Å². The van der Waals surface area contributed by atoms with Crippen LogP contribution in [0.3, 0.4) is 0 Å². The Morgan fingerprint density at radius 1 is 0.963 bits per heavy atom. The Morgan fingerprint density at radius 2 is 1.78 bits per heavy atom. The van der Waals surface area contributed by atoms with Crippen molar-refractivity contribution in [3.63, 3.8) is 0 Å². The normalized spacial score (nSPS) is 22.7. The molecule has 0 radical (unpaired) electrons. The number of morpholine rings is 1. The number of rotatable bonds is 6. The van der Waals surface area contributed by atoms with Crippen LogP contribution in [0.1, 0.15) is 30.4 Å². The summed E-state index contributed by atoms with van der Waals surface area (Å²) < 4.78 is 6.06. The van der Waals surface area contributed by atoms with Crippen molar-refractivity contribution < 1.29 is 4.74 Å². The van der Waals surface area contributed by atoms with E-state index in [0.29, 0.717) is 6.10 Å².